The Hall–Kier alpha value is -2.41. The van der Waals surface area contributed by atoms with E-state index in [2.05, 4.69) is 36.1 Å². The number of nitrogens with zero attached hydrogens (tertiary/aromatic N) is 5. The van der Waals surface area contributed by atoms with Gasteiger partial charge in [-0.05, 0) is 44.2 Å². The molecule has 0 spiro atoms. The van der Waals surface area contributed by atoms with Crippen LogP contribution in [-0.2, 0) is 4.79 Å². The molecule has 1 atom stereocenters. The zero-order chi connectivity index (χ0) is 19.3. The fraction of sp³-hybridized carbons (Fsp3) is 0.500. The van der Waals surface area contributed by atoms with Crippen LogP contribution in [0.4, 0.5) is 17.5 Å². The van der Waals surface area contributed by atoms with Crippen molar-refractivity contribution in [3.63, 3.8) is 0 Å². The van der Waals surface area contributed by atoms with Gasteiger partial charge in [0.15, 0.2) is 0 Å². The van der Waals surface area contributed by atoms with E-state index in [4.69, 9.17) is 11.6 Å². The number of piperidine rings is 2. The normalized spacial score (nSPS) is 20.1. The molecule has 8 heteroatoms. The molecule has 2 saturated heterocycles. The van der Waals surface area contributed by atoms with Crippen LogP contribution in [0.1, 0.15) is 32.1 Å². The molecule has 4 heterocycles. The Kier molecular flexibility index (Phi) is 5.90. The fourth-order valence-electron chi connectivity index (χ4n) is 3.88. The van der Waals surface area contributed by atoms with E-state index in [1.165, 1.54) is 25.5 Å². The van der Waals surface area contributed by atoms with E-state index >= 15 is 0 Å². The minimum Gasteiger partial charge on any atom is -0.356 e. The summed E-state index contributed by atoms with van der Waals surface area (Å²) in [5, 5.41) is 3.45. The van der Waals surface area contributed by atoms with Crippen molar-refractivity contribution in [1.82, 2.24) is 15.0 Å². The SMILES string of the molecule is O=C(Nc1ccc(Cl)cn1)C1CCCN(c2cc(N3CCCCC3)ncn2)C1. The van der Waals surface area contributed by atoms with Crippen molar-refractivity contribution in [1.29, 1.82) is 0 Å². The number of anilines is 3. The molecule has 1 N–H and O–H groups in total. The maximum atomic E-state index is 12.7. The van der Waals surface area contributed by atoms with E-state index in [9.17, 15) is 4.79 Å². The Morgan fingerprint density at radius 3 is 2.50 bits per heavy atom. The third-order valence-electron chi connectivity index (χ3n) is 5.41. The Labute approximate surface area is 170 Å². The molecule has 0 bridgehead atoms. The van der Waals surface area contributed by atoms with Gasteiger partial charge in [-0.2, -0.15) is 0 Å². The van der Waals surface area contributed by atoms with Crippen LogP contribution in [0.25, 0.3) is 0 Å². The third kappa shape index (κ3) is 4.52. The zero-order valence-corrected chi connectivity index (χ0v) is 16.6. The van der Waals surface area contributed by atoms with Crippen LogP contribution in [0.3, 0.4) is 0 Å². The quantitative estimate of drug-likeness (QED) is 0.848. The second kappa shape index (κ2) is 8.73. The second-order valence-electron chi connectivity index (χ2n) is 7.42. The average Bonchev–Trinajstić information content (AvgIpc) is 2.76. The molecule has 7 nitrogen and oxygen atoms in total. The van der Waals surface area contributed by atoms with E-state index in [0.29, 0.717) is 17.4 Å². The van der Waals surface area contributed by atoms with Crippen molar-refractivity contribution in [3.8, 4) is 0 Å². The minimum absolute atomic E-state index is 0.00941. The number of halogens is 1. The predicted molar refractivity (Wildman–Crippen MR) is 111 cm³/mol. The van der Waals surface area contributed by atoms with E-state index in [-0.39, 0.29) is 11.8 Å². The summed E-state index contributed by atoms with van der Waals surface area (Å²) < 4.78 is 0. The standard InChI is InChI=1S/C20H25ClN6O/c21-16-6-7-17(22-12-16)25-20(28)15-5-4-10-27(13-15)19-11-18(23-14-24-19)26-8-2-1-3-9-26/h6-7,11-12,14-15H,1-5,8-10,13H2,(H,22,25,28). The molecule has 28 heavy (non-hydrogen) atoms. The van der Waals surface area contributed by atoms with Gasteiger partial charge in [-0.25, -0.2) is 15.0 Å². The van der Waals surface area contributed by atoms with Crippen LogP contribution in [-0.4, -0.2) is 47.0 Å². The Morgan fingerprint density at radius 2 is 1.75 bits per heavy atom. The van der Waals surface area contributed by atoms with Crippen molar-refractivity contribution >= 4 is 35.0 Å². The smallest absolute Gasteiger partial charge is 0.230 e. The minimum atomic E-state index is -0.0976. The molecule has 2 aliphatic rings. The van der Waals surface area contributed by atoms with Crippen LogP contribution >= 0.6 is 11.6 Å². The first kappa shape index (κ1) is 18.9. The molecule has 2 fully saturated rings. The van der Waals surface area contributed by atoms with E-state index in [0.717, 1.165) is 44.1 Å². The highest BCUT2D eigenvalue weighted by Crippen LogP contribution is 2.26. The summed E-state index contributed by atoms with van der Waals surface area (Å²) in [5.74, 6) is 2.31. The van der Waals surface area contributed by atoms with Crippen molar-refractivity contribution in [2.75, 3.05) is 41.3 Å². The average molecular weight is 401 g/mol. The van der Waals surface area contributed by atoms with Crippen LogP contribution in [0.15, 0.2) is 30.7 Å². The summed E-state index contributed by atoms with van der Waals surface area (Å²) in [6.45, 7) is 3.65. The van der Waals surface area contributed by atoms with E-state index in [1.807, 2.05) is 0 Å². The number of carbonyl (C=O) groups is 1. The largest absolute Gasteiger partial charge is 0.356 e. The maximum absolute atomic E-state index is 12.7. The van der Waals surface area contributed by atoms with Crippen LogP contribution in [0, 0.1) is 5.92 Å². The zero-order valence-electron chi connectivity index (χ0n) is 15.9. The van der Waals surface area contributed by atoms with Gasteiger partial charge >= 0.3 is 0 Å². The van der Waals surface area contributed by atoms with Gasteiger partial charge in [0.25, 0.3) is 0 Å². The molecule has 0 saturated carbocycles. The number of hydrogen-bond acceptors (Lipinski definition) is 6. The first-order valence-corrected chi connectivity index (χ1v) is 10.3. The molecule has 2 aromatic heterocycles. The topological polar surface area (TPSA) is 74.2 Å². The van der Waals surface area contributed by atoms with Crippen molar-refractivity contribution < 1.29 is 4.79 Å². The predicted octanol–water partition coefficient (Wildman–Crippen LogP) is 3.37. The van der Waals surface area contributed by atoms with Gasteiger partial charge in [-0.3, -0.25) is 4.79 Å². The lowest BCUT2D eigenvalue weighted by Gasteiger charge is -2.33. The molecule has 0 radical (unpaired) electrons. The van der Waals surface area contributed by atoms with Crippen molar-refractivity contribution in [3.05, 3.63) is 35.7 Å². The molecular weight excluding hydrogens is 376 g/mol. The third-order valence-corrected chi connectivity index (χ3v) is 5.64. The molecule has 1 amide bonds. The summed E-state index contributed by atoms with van der Waals surface area (Å²) in [6.07, 6.45) is 8.71. The number of hydrogen-bond donors (Lipinski definition) is 1. The van der Waals surface area contributed by atoms with Crippen molar-refractivity contribution in [2.45, 2.75) is 32.1 Å². The molecule has 0 aromatic carbocycles. The molecule has 2 aromatic rings. The van der Waals surface area contributed by atoms with Gasteiger partial charge in [-0.15, -0.1) is 0 Å². The molecule has 2 aliphatic heterocycles. The maximum Gasteiger partial charge on any atom is 0.230 e. The summed E-state index contributed by atoms with van der Waals surface area (Å²) in [5.41, 5.74) is 0. The summed E-state index contributed by atoms with van der Waals surface area (Å²) in [7, 11) is 0. The number of nitrogens with one attached hydrogen (secondary N) is 1. The molecule has 0 aliphatic carbocycles. The van der Waals surface area contributed by atoms with E-state index < -0.39 is 0 Å². The van der Waals surface area contributed by atoms with Crippen molar-refractivity contribution in [2.24, 2.45) is 5.92 Å². The Bertz CT molecular complexity index is 809. The second-order valence-corrected chi connectivity index (χ2v) is 7.85. The lowest BCUT2D eigenvalue weighted by molar-refractivity contribution is -0.120. The summed E-state index contributed by atoms with van der Waals surface area (Å²) in [6, 6.07) is 5.50. The molecule has 148 valence electrons. The van der Waals surface area contributed by atoms with Gasteiger partial charge in [0.2, 0.25) is 5.91 Å². The highest BCUT2D eigenvalue weighted by molar-refractivity contribution is 6.30. The number of carbonyl (C=O) groups excluding carboxylic acids is 1. The number of aromatic nitrogens is 3. The Morgan fingerprint density at radius 1 is 1.00 bits per heavy atom. The lowest BCUT2D eigenvalue weighted by Crippen LogP contribution is -2.41. The van der Waals surface area contributed by atoms with Gasteiger partial charge in [0.05, 0.1) is 10.9 Å². The monoisotopic (exact) mass is 400 g/mol. The highest BCUT2D eigenvalue weighted by atomic mass is 35.5. The first-order chi connectivity index (χ1) is 13.7. The van der Waals surface area contributed by atoms with Gasteiger partial charge in [0, 0.05) is 38.4 Å². The summed E-state index contributed by atoms with van der Waals surface area (Å²) >= 11 is 5.86. The Balaban J connectivity index is 1.41. The van der Waals surface area contributed by atoms with E-state index in [1.54, 1.807) is 18.5 Å². The lowest BCUT2D eigenvalue weighted by atomic mass is 9.97. The number of pyridine rings is 1. The first-order valence-electron chi connectivity index (χ1n) is 9.93. The summed E-state index contributed by atoms with van der Waals surface area (Å²) in [4.78, 5) is 30.3. The van der Waals surface area contributed by atoms with Crippen LogP contribution in [0.5, 0.6) is 0 Å². The van der Waals surface area contributed by atoms with Crippen LogP contribution in [0.2, 0.25) is 5.02 Å². The van der Waals surface area contributed by atoms with Gasteiger partial charge in [0.1, 0.15) is 23.8 Å². The molecule has 1 unspecified atom stereocenters. The molecule has 4 rings (SSSR count). The highest BCUT2D eigenvalue weighted by Gasteiger charge is 2.27. The number of rotatable bonds is 4. The molecular formula is C20H25ClN6O. The van der Waals surface area contributed by atoms with Gasteiger partial charge in [-0.1, -0.05) is 11.6 Å². The van der Waals surface area contributed by atoms with Crippen LogP contribution < -0.4 is 15.1 Å². The number of amides is 1. The fourth-order valence-corrected chi connectivity index (χ4v) is 4.00. The van der Waals surface area contributed by atoms with Gasteiger partial charge < -0.3 is 15.1 Å².